The van der Waals surface area contributed by atoms with E-state index in [1.54, 1.807) is 14.0 Å². The predicted octanol–water partition coefficient (Wildman–Crippen LogP) is 5.38. The Labute approximate surface area is 341 Å². The van der Waals surface area contributed by atoms with Gasteiger partial charge >= 0.3 is 0 Å². The van der Waals surface area contributed by atoms with Gasteiger partial charge in [-0.2, -0.15) is 0 Å². The van der Waals surface area contributed by atoms with Crippen LogP contribution in [0.4, 0.5) is 0 Å². The summed E-state index contributed by atoms with van der Waals surface area (Å²) in [5, 5.41) is 3.59. The first kappa shape index (κ1) is 41.2. The van der Waals surface area contributed by atoms with Gasteiger partial charge in [0.25, 0.3) is 5.91 Å². The normalized spacial score (nSPS) is 24.4. The maximum Gasteiger partial charge on any atom is 0.259 e. The molecule has 5 atom stereocenters. The van der Waals surface area contributed by atoms with Crippen LogP contribution in [0.3, 0.4) is 0 Å². The fourth-order valence-corrected chi connectivity index (χ4v) is 9.55. The summed E-state index contributed by atoms with van der Waals surface area (Å²) in [6.07, 6.45) is 4.82. The molecule has 2 N–H and O–H groups in total. The first-order valence-electron chi connectivity index (χ1n) is 20.3. The standard InChI is InChI=1S/C44H55N5O8S/c1-7-29-26-44(29,41(53)47-58(54,55)43(5)18-19-43)46-39(51)36-23-31(27-49(36)40(52)33(42(2,3)4)24-38(50)48-20-12-9-13-21-48)57-37-25-34(28-14-10-8-11-15-28)45-35-22-30(56-6)16-17-32(35)37/h7-8,10-11,14-17,22,25,29,31,33,36H,1,9,12-13,18-21,23-24,26-27H2,2-6H3,(H,46,51)(H,47,53)/t29-,31+,33+,36-,44+/m0/s1. The molecule has 58 heavy (non-hydrogen) atoms. The summed E-state index contributed by atoms with van der Waals surface area (Å²) < 4.78 is 39.7. The number of amides is 4. The second-order valence-corrected chi connectivity index (χ2v) is 19.9. The second kappa shape index (κ2) is 15.6. The van der Waals surface area contributed by atoms with Crippen LogP contribution in [0.2, 0.25) is 0 Å². The van der Waals surface area contributed by atoms with Crippen molar-refractivity contribution in [1.82, 2.24) is 24.8 Å². The summed E-state index contributed by atoms with van der Waals surface area (Å²) in [5.74, 6) is -2.06. The van der Waals surface area contributed by atoms with Crippen LogP contribution in [0.5, 0.6) is 11.5 Å². The van der Waals surface area contributed by atoms with Gasteiger partial charge in [0.2, 0.25) is 27.7 Å². The number of hydrogen-bond acceptors (Lipinski definition) is 9. The number of fused-ring (bicyclic) bond motifs is 1. The molecule has 13 nitrogen and oxygen atoms in total. The Balaban J connectivity index is 1.21. The molecular formula is C44H55N5O8S. The summed E-state index contributed by atoms with van der Waals surface area (Å²) in [6, 6.07) is 15.9. The number of piperidine rings is 1. The fourth-order valence-electron chi connectivity index (χ4n) is 8.24. The van der Waals surface area contributed by atoms with Gasteiger partial charge < -0.3 is 24.6 Å². The summed E-state index contributed by atoms with van der Waals surface area (Å²) in [7, 11) is -2.41. The zero-order valence-corrected chi connectivity index (χ0v) is 34.9. The lowest BCUT2D eigenvalue weighted by Crippen LogP contribution is -2.58. The number of rotatable bonds is 13. The monoisotopic (exact) mass is 813 g/mol. The van der Waals surface area contributed by atoms with Crippen LogP contribution in [0.15, 0.2) is 67.3 Å². The quantitative estimate of drug-likeness (QED) is 0.216. The molecule has 2 aliphatic heterocycles. The number of carbonyl (C=O) groups is 4. The SMILES string of the molecule is C=C[C@H]1C[C@]1(NC(=O)[C@@H]1C[C@@H](Oc2cc(-c3ccccc3)nc3cc(OC)ccc23)CN1C(=O)[C@@H](CC(=O)N1CCCCC1)C(C)(C)C)C(=O)NS(=O)(=O)C1(C)CC1. The highest BCUT2D eigenvalue weighted by molar-refractivity contribution is 7.91. The number of aromatic nitrogens is 1. The molecule has 2 aromatic carbocycles. The number of nitrogens with one attached hydrogen (secondary N) is 2. The van der Waals surface area contributed by atoms with Crippen molar-refractivity contribution >= 4 is 44.6 Å². The molecule has 3 aromatic rings. The van der Waals surface area contributed by atoms with Crippen LogP contribution in [0.25, 0.3) is 22.2 Å². The molecule has 4 aliphatic rings. The van der Waals surface area contributed by atoms with E-state index in [1.807, 2.05) is 80.3 Å². The van der Waals surface area contributed by atoms with Gasteiger partial charge in [-0.25, -0.2) is 13.4 Å². The minimum absolute atomic E-state index is 0.0164. The third-order valence-corrected chi connectivity index (χ3v) is 14.7. The molecule has 14 heteroatoms. The summed E-state index contributed by atoms with van der Waals surface area (Å²) >= 11 is 0. The summed E-state index contributed by atoms with van der Waals surface area (Å²) in [4.78, 5) is 65.2. The van der Waals surface area contributed by atoms with Crippen LogP contribution >= 0.6 is 0 Å². The maximum atomic E-state index is 14.9. The third-order valence-electron chi connectivity index (χ3n) is 12.5. The van der Waals surface area contributed by atoms with E-state index in [0.717, 1.165) is 24.8 Å². The third kappa shape index (κ3) is 8.17. The van der Waals surface area contributed by atoms with Gasteiger partial charge in [-0.1, -0.05) is 57.2 Å². The minimum atomic E-state index is -4.00. The molecule has 0 unspecified atom stereocenters. The van der Waals surface area contributed by atoms with Crippen molar-refractivity contribution in [3.05, 3.63) is 67.3 Å². The van der Waals surface area contributed by atoms with Gasteiger partial charge in [0.15, 0.2) is 0 Å². The fraction of sp³-hybridized carbons (Fsp3) is 0.523. The zero-order valence-electron chi connectivity index (χ0n) is 34.1. The highest BCUT2D eigenvalue weighted by Gasteiger charge is 2.63. The van der Waals surface area contributed by atoms with Gasteiger partial charge in [0.05, 0.1) is 35.5 Å². The van der Waals surface area contributed by atoms with Crippen molar-refractivity contribution in [1.29, 1.82) is 0 Å². The zero-order chi connectivity index (χ0) is 41.6. The van der Waals surface area contributed by atoms with Crippen molar-refractivity contribution < 1.29 is 37.1 Å². The highest BCUT2D eigenvalue weighted by atomic mass is 32.2. The van der Waals surface area contributed by atoms with Crippen molar-refractivity contribution in [2.24, 2.45) is 17.3 Å². The number of carbonyl (C=O) groups excluding carboxylic acids is 4. The van der Waals surface area contributed by atoms with Crippen molar-refractivity contribution in [3.8, 4) is 22.8 Å². The number of nitrogens with zero attached hydrogens (tertiary/aromatic N) is 3. The lowest BCUT2D eigenvalue weighted by Gasteiger charge is -2.36. The van der Waals surface area contributed by atoms with E-state index in [2.05, 4.69) is 16.6 Å². The van der Waals surface area contributed by atoms with E-state index in [4.69, 9.17) is 14.5 Å². The van der Waals surface area contributed by atoms with Crippen LogP contribution in [0.1, 0.15) is 79.1 Å². The molecule has 0 spiro atoms. The molecule has 0 bridgehead atoms. The molecule has 7 rings (SSSR count). The Morgan fingerprint density at radius 1 is 1.03 bits per heavy atom. The molecule has 1 aromatic heterocycles. The van der Waals surface area contributed by atoms with Gasteiger partial charge in [-0.15, -0.1) is 6.58 Å². The number of likely N-dealkylation sites (tertiary alicyclic amines) is 2. The van der Waals surface area contributed by atoms with E-state index in [9.17, 15) is 27.6 Å². The topological polar surface area (TPSA) is 164 Å². The lowest BCUT2D eigenvalue weighted by molar-refractivity contribution is -0.148. The number of hydrogen-bond donors (Lipinski definition) is 2. The van der Waals surface area contributed by atoms with E-state index in [1.165, 1.54) is 11.0 Å². The van der Waals surface area contributed by atoms with Crippen molar-refractivity contribution in [2.75, 3.05) is 26.7 Å². The van der Waals surface area contributed by atoms with Gasteiger partial charge in [-0.05, 0) is 63.0 Å². The van der Waals surface area contributed by atoms with Crippen LogP contribution in [-0.2, 0) is 29.2 Å². The molecule has 2 aliphatic carbocycles. The van der Waals surface area contributed by atoms with E-state index < -0.39 is 61.5 Å². The van der Waals surface area contributed by atoms with E-state index in [-0.39, 0.29) is 37.6 Å². The average molecular weight is 814 g/mol. The largest absolute Gasteiger partial charge is 0.497 e. The Morgan fingerprint density at radius 3 is 2.36 bits per heavy atom. The number of benzene rings is 2. The minimum Gasteiger partial charge on any atom is -0.497 e. The van der Waals surface area contributed by atoms with E-state index >= 15 is 0 Å². The van der Waals surface area contributed by atoms with Crippen molar-refractivity contribution in [2.45, 2.75) is 101 Å². The average Bonchev–Trinajstić information content (AvgIpc) is 4.10. The van der Waals surface area contributed by atoms with Crippen molar-refractivity contribution in [3.63, 3.8) is 0 Å². The first-order valence-corrected chi connectivity index (χ1v) is 21.8. The van der Waals surface area contributed by atoms with E-state index in [0.29, 0.717) is 54.0 Å². The molecule has 0 radical (unpaired) electrons. The number of pyridine rings is 1. The molecule has 2 saturated carbocycles. The number of methoxy groups -OCH3 is 1. The van der Waals surface area contributed by atoms with Gasteiger partial charge in [0, 0.05) is 54.9 Å². The molecule has 2 saturated heterocycles. The summed E-state index contributed by atoms with van der Waals surface area (Å²) in [5.41, 5.74) is -0.0401. The Morgan fingerprint density at radius 2 is 1.74 bits per heavy atom. The summed E-state index contributed by atoms with van der Waals surface area (Å²) in [6.45, 7) is 12.5. The molecular weight excluding hydrogens is 759 g/mol. The van der Waals surface area contributed by atoms with Gasteiger partial charge in [0.1, 0.15) is 29.2 Å². The molecule has 3 heterocycles. The van der Waals surface area contributed by atoms with Crippen LogP contribution < -0.4 is 19.5 Å². The van der Waals surface area contributed by atoms with Crippen LogP contribution in [-0.4, -0.2) is 96.0 Å². The Hall–Kier alpha value is -4.98. The maximum absolute atomic E-state index is 14.9. The molecule has 4 fully saturated rings. The smallest absolute Gasteiger partial charge is 0.259 e. The predicted molar refractivity (Wildman–Crippen MR) is 220 cm³/mol. The lowest BCUT2D eigenvalue weighted by atomic mass is 9.77. The molecule has 4 amide bonds. The number of sulfonamides is 1. The van der Waals surface area contributed by atoms with Crippen LogP contribution in [0, 0.1) is 17.3 Å². The van der Waals surface area contributed by atoms with Gasteiger partial charge in [-0.3, -0.25) is 23.9 Å². The Bertz CT molecular complexity index is 2210. The molecule has 310 valence electrons. The first-order chi connectivity index (χ1) is 27.5. The highest BCUT2D eigenvalue weighted by Crippen LogP contribution is 2.47. The number of ether oxygens (including phenoxy) is 2. The Kier molecular flexibility index (Phi) is 11.1. The second-order valence-electron chi connectivity index (χ2n) is 17.7.